The van der Waals surface area contributed by atoms with Crippen LogP contribution in [0.25, 0.3) is 0 Å². The molecule has 2 rings (SSSR count). The molecule has 18 heavy (non-hydrogen) atoms. The molecule has 0 unspecified atom stereocenters. The van der Waals surface area contributed by atoms with E-state index in [1.165, 1.54) is 5.69 Å². The Morgan fingerprint density at radius 2 is 1.78 bits per heavy atom. The third-order valence-corrected chi connectivity index (χ3v) is 3.50. The Labute approximate surface area is 115 Å². The van der Waals surface area contributed by atoms with Gasteiger partial charge in [-0.25, -0.2) is 0 Å². The Kier molecular flexibility index (Phi) is 5.20. The van der Waals surface area contributed by atoms with Crippen LogP contribution in [-0.4, -0.2) is 50.0 Å². The molecule has 1 fully saturated rings. The summed E-state index contributed by atoms with van der Waals surface area (Å²) >= 11 is 4.29. The molecule has 0 N–H and O–H groups in total. The minimum Gasteiger partial charge on any atom is -0.494 e. The van der Waals surface area contributed by atoms with Gasteiger partial charge in [0.1, 0.15) is 5.75 Å². The van der Waals surface area contributed by atoms with Crippen LogP contribution in [0.4, 0.5) is 5.69 Å². The first-order chi connectivity index (χ1) is 8.83. The van der Waals surface area contributed by atoms with E-state index in [2.05, 4.69) is 46.7 Å². The summed E-state index contributed by atoms with van der Waals surface area (Å²) < 4.78 is 5.46. The van der Waals surface area contributed by atoms with Crippen LogP contribution in [0.15, 0.2) is 24.3 Å². The van der Waals surface area contributed by atoms with Crippen LogP contribution in [0.3, 0.4) is 0 Å². The fourth-order valence-electron chi connectivity index (χ4n) is 2.29. The normalized spacial score (nSPS) is 16.9. The van der Waals surface area contributed by atoms with E-state index in [-0.39, 0.29) is 0 Å². The number of ether oxygens (including phenoxy) is 1. The van der Waals surface area contributed by atoms with Gasteiger partial charge in [-0.1, -0.05) is 0 Å². The van der Waals surface area contributed by atoms with Gasteiger partial charge < -0.3 is 9.64 Å². The lowest BCUT2D eigenvalue weighted by Crippen LogP contribution is -2.46. The second kappa shape index (κ2) is 6.90. The summed E-state index contributed by atoms with van der Waals surface area (Å²) in [5, 5.41) is 0. The van der Waals surface area contributed by atoms with E-state index in [9.17, 15) is 0 Å². The van der Waals surface area contributed by atoms with Crippen molar-refractivity contribution in [3.05, 3.63) is 24.3 Å². The smallest absolute Gasteiger partial charge is 0.119 e. The number of anilines is 1. The number of thiol groups is 1. The Hall–Kier alpha value is -0.870. The summed E-state index contributed by atoms with van der Waals surface area (Å²) in [6, 6.07) is 8.41. The van der Waals surface area contributed by atoms with E-state index in [0.29, 0.717) is 0 Å². The van der Waals surface area contributed by atoms with Crippen LogP contribution >= 0.6 is 12.6 Å². The van der Waals surface area contributed by atoms with E-state index in [0.717, 1.165) is 50.8 Å². The van der Waals surface area contributed by atoms with Crippen molar-refractivity contribution in [3.63, 3.8) is 0 Å². The standard InChI is InChI=1S/C14H22N2OS/c1-2-17-14-5-3-13(4-6-14)16-9-7-15(8-10-16)11-12-18/h3-6,18H,2,7-12H2,1H3. The summed E-state index contributed by atoms with van der Waals surface area (Å²) in [5.41, 5.74) is 1.30. The van der Waals surface area contributed by atoms with Crippen molar-refractivity contribution < 1.29 is 4.74 Å². The van der Waals surface area contributed by atoms with E-state index in [4.69, 9.17) is 4.74 Å². The molecule has 0 aliphatic carbocycles. The van der Waals surface area contributed by atoms with Crippen LogP contribution in [0.5, 0.6) is 5.75 Å². The molecule has 1 saturated heterocycles. The predicted molar refractivity (Wildman–Crippen MR) is 80.1 cm³/mol. The van der Waals surface area contributed by atoms with Gasteiger partial charge in [0.2, 0.25) is 0 Å². The third kappa shape index (κ3) is 3.56. The molecule has 3 nitrogen and oxygen atoms in total. The first kappa shape index (κ1) is 13.6. The molecule has 0 saturated carbocycles. The number of hydrogen-bond donors (Lipinski definition) is 1. The molecule has 1 aromatic carbocycles. The van der Waals surface area contributed by atoms with Gasteiger partial charge in [-0.3, -0.25) is 4.90 Å². The lowest BCUT2D eigenvalue weighted by atomic mass is 10.2. The minimum atomic E-state index is 0.724. The monoisotopic (exact) mass is 266 g/mol. The number of rotatable bonds is 5. The van der Waals surface area contributed by atoms with Crippen LogP contribution in [0.1, 0.15) is 6.92 Å². The highest BCUT2D eigenvalue weighted by molar-refractivity contribution is 7.80. The molecule has 0 radical (unpaired) electrons. The summed E-state index contributed by atoms with van der Waals surface area (Å²) in [7, 11) is 0. The summed E-state index contributed by atoms with van der Waals surface area (Å²) in [5.74, 6) is 1.90. The maximum atomic E-state index is 5.46. The summed E-state index contributed by atoms with van der Waals surface area (Å²) in [6.07, 6.45) is 0. The first-order valence-electron chi connectivity index (χ1n) is 6.64. The molecule has 1 heterocycles. The second-order valence-electron chi connectivity index (χ2n) is 4.48. The van der Waals surface area contributed by atoms with Gasteiger partial charge in [0.05, 0.1) is 6.61 Å². The highest BCUT2D eigenvalue weighted by Gasteiger charge is 2.16. The van der Waals surface area contributed by atoms with Gasteiger partial charge in [0, 0.05) is 44.2 Å². The summed E-state index contributed by atoms with van der Waals surface area (Å²) in [6.45, 7) is 8.29. The van der Waals surface area contributed by atoms with Crippen molar-refractivity contribution in [2.24, 2.45) is 0 Å². The highest BCUT2D eigenvalue weighted by Crippen LogP contribution is 2.20. The van der Waals surface area contributed by atoms with Crippen LogP contribution in [0, 0.1) is 0 Å². The number of piperazine rings is 1. The predicted octanol–water partition coefficient (Wildman–Crippen LogP) is 2.14. The van der Waals surface area contributed by atoms with E-state index >= 15 is 0 Å². The Bertz CT molecular complexity index is 347. The molecule has 0 aromatic heterocycles. The lowest BCUT2D eigenvalue weighted by Gasteiger charge is -2.35. The average molecular weight is 266 g/mol. The largest absolute Gasteiger partial charge is 0.494 e. The second-order valence-corrected chi connectivity index (χ2v) is 4.93. The van der Waals surface area contributed by atoms with Crippen molar-refractivity contribution in [1.29, 1.82) is 0 Å². The molecule has 0 bridgehead atoms. The van der Waals surface area contributed by atoms with Crippen molar-refractivity contribution in [3.8, 4) is 5.75 Å². The SMILES string of the molecule is CCOc1ccc(N2CCN(CCS)CC2)cc1. The zero-order chi connectivity index (χ0) is 12.8. The lowest BCUT2D eigenvalue weighted by molar-refractivity contribution is 0.273. The highest BCUT2D eigenvalue weighted by atomic mass is 32.1. The molecule has 0 spiro atoms. The maximum absolute atomic E-state index is 5.46. The molecule has 1 aromatic rings. The fraction of sp³-hybridized carbons (Fsp3) is 0.571. The Morgan fingerprint density at radius 1 is 1.11 bits per heavy atom. The maximum Gasteiger partial charge on any atom is 0.119 e. The molecule has 1 aliphatic heterocycles. The van der Waals surface area contributed by atoms with Gasteiger partial charge in [-0.15, -0.1) is 0 Å². The third-order valence-electron chi connectivity index (χ3n) is 3.30. The molecule has 0 atom stereocenters. The Morgan fingerprint density at radius 3 is 2.33 bits per heavy atom. The van der Waals surface area contributed by atoms with Crippen molar-refractivity contribution in [2.75, 3.05) is 50.0 Å². The van der Waals surface area contributed by atoms with Gasteiger partial charge in [-0.2, -0.15) is 12.6 Å². The molecule has 0 amide bonds. The van der Waals surface area contributed by atoms with E-state index in [1.54, 1.807) is 0 Å². The molecule has 100 valence electrons. The van der Waals surface area contributed by atoms with Crippen LogP contribution < -0.4 is 9.64 Å². The zero-order valence-corrected chi connectivity index (χ0v) is 11.9. The van der Waals surface area contributed by atoms with Gasteiger partial charge in [0.25, 0.3) is 0 Å². The van der Waals surface area contributed by atoms with E-state index < -0.39 is 0 Å². The van der Waals surface area contributed by atoms with Crippen molar-refractivity contribution >= 4 is 18.3 Å². The molecular weight excluding hydrogens is 244 g/mol. The molecule has 1 aliphatic rings. The van der Waals surface area contributed by atoms with Crippen LogP contribution in [-0.2, 0) is 0 Å². The van der Waals surface area contributed by atoms with Gasteiger partial charge in [-0.05, 0) is 31.2 Å². The quantitative estimate of drug-likeness (QED) is 0.822. The number of benzene rings is 1. The molecule has 4 heteroatoms. The van der Waals surface area contributed by atoms with E-state index in [1.807, 2.05) is 6.92 Å². The van der Waals surface area contributed by atoms with Crippen molar-refractivity contribution in [2.45, 2.75) is 6.92 Å². The zero-order valence-electron chi connectivity index (χ0n) is 11.0. The first-order valence-corrected chi connectivity index (χ1v) is 7.27. The Balaban J connectivity index is 1.89. The number of hydrogen-bond acceptors (Lipinski definition) is 4. The molecular formula is C14H22N2OS. The minimum absolute atomic E-state index is 0.724. The average Bonchev–Trinajstić information content (AvgIpc) is 2.41. The van der Waals surface area contributed by atoms with Crippen molar-refractivity contribution in [1.82, 2.24) is 4.90 Å². The van der Waals surface area contributed by atoms with Crippen LogP contribution in [0.2, 0.25) is 0 Å². The summed E-state index contributed by atoms with van der Waals surface area (Å²) in [4.78, 5) is 4.91. The topological polar surface area (TPSA) is 15.7 Å². The van der Waals surface area contributed by atoms with Gasteiger partial charge >= 0.3 is 0 Å². The number of nitrogens with zero attached hydrogens (tertiary/aromatic N) is 2. The fourth-order valence-corrected chi connectivity index (χ4v) is 2.57. The van der Waals surface area contributed by atoms with Gasteiger partial charge in [0.15, 0.2) is 0 Å².